The fourth-order valence-electron chi connectivity index (χ4n) is 2.85. The number of rotatable bonds is 5. The third kappa shape index (κ3) is 3.25. The number of hydrogen-bond acceptors (Lipinski definition) is 6. The van der Waals surface area contributed by atoms with E-state index in [4.69, 9.17) is 18.9 Å². The number of nitrogens with one attached hydrogen (secondary N) is 1. The quantitative estimate of drug-likeness (QED) is 0.885. The molecule has 1 N–H and O–H groups in total. The minimum absolute atomic E-state index is 0.109. The first kappa shape index (κ1) is 15.8. The summed E-state index contributed by atoms with van der Waals surface area (Å²) in [6, 6.07) is 7.21. The maximum atomic E-state index is 12.5. The van der Waals surface area contributed by atoms with E-state index in [1.54, 1.807) is 30.1 Å². The number of likely N-dealkylation sites (N-methyl/N-ethyl adjacent to an activating group) is 1. The molecule has 8 nitrogen and oxygen atoms in total. The third-order valence-corrected chi connectivity index (χ3v) is 4.36. The molecule has 1 aromatic carbocycles. The number of amides is 1. The summed E-state index contributed by atoms with van der Waals surface area (Å²) >= 11 is 0. The molecule has 2 aliphatic heterocycles. The fraction of sp³-hybridized carbons (Fsp3) is 0.412. The zero-order valence-corrected chi connectivity index (χ0v) is 13.9. The van der Waals surface area contributed by atoms with Gasteiger partial charge in [-0.2, -0.15) is 5.10 Å². The number of carbonyl (C=O) groups is 1. The van der Waals surface area contributed by atoms with E-state index in [0.29, 0.717) is 36.2 Å². The average Bonchev–Trinajstić information content (AvgIpc) is 3.39. The van der Waals surface area contributed by atoms with Gasteiger partial charge in [-0.15, -0.1) is 0 Å². The molecule has 0 unspecified atom stereocenters. The Hall–Kier alpha value is -2.74. The minimum Gasteiger partial charge on any atom is -0.487 e. The molecule has 1 atom stereocenters. The van der Waals surface area contributed by atoms with Crippen LogP contribution in [-0.2, 0) is 11.3 Å². The Balaban J connectivity index is 1.37. The molecule has 2 aliphatic rings. The lowest BCUT2D eigenvalue weighted by molar-refractivity contribution is 0.0705. The summed E-state index contributed by atoms with van der Waals surface area (Å²) < 4.78 is 21.6. The fourth-order valence-corrected chi connectivity index (χ4v) is 2.85. The van der Waals surface area contributed by atoms with Gasteiger partial charge in [-0.05, 0) is 24.6 Å². The van der Waals surface area contributed by atoms with Crippen LogP contribution >= 0.6 is 0 Å². The molecule has 0 aliphatic carbocycles. The van der Waals surface area contributed by atoms with Crippen molar-refractivity contribution in [2.24, 2.45) is 0 Å². The summed E-state index contributed by atoms with van der Waals surface area (Å²) in [5.41, 5.74) is 1.09. The topological polar surface area (TPSA) is 85.9 Å². The second-order valence-corrected chi connectivity index (χ2v) is 6.02. The molecule has 0 saturated carbocycles. The number of benzene rings is 1. The van der Waals surface area contributed by atoms with Gasteiger partial charge >= 0.3 is 0 Å². The van der Waals surface area contributed by atoms with E-state index < -0.39 is 0 Å². The maximum Gasteiger partial charge on any atom is 0.274 e. The highest BCUT2D eigenvalue weighted by atomic mass is 16.7. The zero-order valence-electron chi connectivity index (χ0n) is 13.9. The first-order chi connectivity index (χ1) is 12.2. The molecule has 3 heterocycles. The van der Waals surface area contributed by atoms with E-state index in [1.807, 2.05) is 6.07 Å². The van der Waals surface area contributed by atoms with Crippen molar-refractivity contribution >= 4 is 5.91 Å². The van der Waals surface area contributed by atoms with Gasteiger partial charge in [0.1, 0.15) is 12.4 Å². The van der Waals surface area contributed by atoms with Crippen LogP contribution in [-0.4, -0.2) is 54.1 Å². The predicted octanol–water partition coefficient (Wildman–Crippen LogP) is 1.58. The van der Waals surface area contributed by atoms with Crippen molar-refractivity contribution in [3.63, 3.8) is 0 Å². The lowest BCUT2D eigenvalue weighted by Gasteiger charge is -2.21. The number of hydrogen-bond donors (Lipinski definition) is 1. The SMILES string of the molecule is CN(C(=O)c1cc(COc2ccc3c(c2)OCO3)[nH]n1)[C@H]1CCOC1. The van der Waals surface area contributed by atoms with Crippen LogP contribution in [0.2, 0.25) is 0 Å². The Labute approximate surface area is 144 Å². The maximum absolute atomic E-state index is 12.5. The van der Waals surface area contributed by atoms with Gasteiger partial charge in [0.2, 0.25) is 6.79 Å². The van der Waals surface area contributed by atoms with Crippen LogP contribution in [0.15, 0.2) is 24.3 Å². The Morgan fingerprint density at radius 3 is 3.08 bits per heavy atom. The Morgan fingerprint density at radius 2 is 2.24 bits per heavy atom. The van der Waals surface area contributed by atoms with Gasteiger partial charge in [0, 0.05) is 19.7 Å². The minimum atomic E-state index is -0.124. The normalized spacial score (nSPS) is 18.4. The number of H-pyrrole nitrogens is 1. The molecular weight excluding hydrogens is 326 g/mol. The highest BCUT2D eigenvalue weighted by Gasteiger charge is 2.26. The smallest absolute Gasteiger partial charge is 0.274 e. The largest absolute Gasteiger partial charge is 0.487 e. The van der Waals surface area contributed by atoms with Crippen LogP contribution < -0.4 is 14.2 Å². The van der Waals surface area contributed by atoms with Crippen LogP contribution in [0, 0.1) is 0 Å². The lowest BCUT2D eigenvalue weighted by Crippen LogP contribution is -2.37. The van der Waals surface area contributed by atoms with Gasteiger partial charge in [0.05, 0.1) is 18.3 Å². The van der Waals surface area contributed by atoms with Crippen molar-refractivity contribution in [3.05, 3.63) is 35.7 Å². The predicted molar refractivity (Wildman–Crippen MR) is 86.8 cm³/mol. The van der Waals surface area contributed by atoms with Crippen molar-refractivity contribution in [1.29, 1.82) is 0 Å². The van der Waals surface area contributed by atoms with Crippen molar-refractivity contribution in [1.82, 2.24) is 15.1 Å². The highest BCUT2D eigenvalue weighted by molar-refractivity contribution is 5.92. The molecule has 0 spiro atoms. The molecule has 1 amide bonds. The van der Waals surface area contributed by atoms with Gasteiger partial charge in [-0.3, -0.25) is 9.89 Å². The molecule has 25 heavy (non-hydrogen) atoms. The van der Waals surface area contributed by atoms with Gasteiger partial charge in [0.15, 0.2) is 17.2 Å². The van der Waals surface area contributed by atoms with E-state index in [1.165, 1.54) is 0 Å². The average molecular weight is 345 g/mol. The van der Waals surface area contributed by atoms with Gasteiger partial charge < -0.3 is 23.8 Å². The summed E-state index contributed by atoms with van der Waals surface area (Å²) in [7, 11) is 1.78. The molecule has 4 rings (SSSR count). The Bertz CT molecular complexity index is 769. The van der Waals surface area contributed by atoms with E-state index >= 15 is 0 Å². The van der Waals surface area contributed by atoms with E-state index in [2.05, 4.69) is 10.2 Å². The van der Waals surface area contributed by atoms with Crippen LogP contribution in [0.25, 0.3) is 0 Å². The molecule has 1 fully saturated rings. The standard InChI is InChI=1S/C17H19N3O5/c1-20(12-4-5-22-9-12)17(21)14-6-11(18-19-14)8-23-13-2-3-15-16(7-13)25-10-24-15/h2-3,6-7,12H,4-5,8-10H2,1H3,(H,18,19)/t12-/m0/s1. The molecule has 132 valence electrons. The number of fused-ring (bicyclic) bond motifs is 1. The Morgan fingerprint density at radius 1 is 1.36 bits per heavy atom. The van der Waals surface area contributed by atoms with Gasteiger partial charge in [-0.1, -0.05) is 0 Å². The number of nitrogens with zero attached hydrogens (tertiary/aromatic N) is 2. The summed E-state index contributed by atoms with van der Waals surface area (Å²) in [5, 5.41) is 6.94. The molecule has 1 saturated heterocycles. The molecule has 0 radical (unpaired) electrons. The second-order valence-electron chi connectivity index (χ2n) is 6.02. The monoisotopic (exact) mass is 345 g/mol. The van der Waals surface area contributed by atoms with Gasteiger partial charge in [-0.25, -0.2) is 0 Å². The molecule has 2 aromatic rings. The summed E-state index contributed by atoms with van der Waals surface area (Å²) in [5.74, 6) is 1.91. The molecular formula is C17H19N3O5. The van der Waals surface area contributed by atoms with Crippen molar-refractivity contribution in [2.75, 3.05) is 27.1 Å². The summed E-state index contributed by atoms with van der Waals surface area (Å²) in [6.07, 6.45) is 0.854. The number of aromatic amines is 1. The summed E-state index contributed by atoms with van der Waals surface area (Å²) in [4.78, 5) is 14.1. The van der Waals surface area contributed by atoms with Crippen LogP contribution in [0.3, 0.4) is 0 Å². The third-order valence-electron chi connectivity index (χ3n) is 4.36. The molecule has 0 bridgehead atoms. The van der Waals surface area contributed by atoms with E-state index in [9.17, 15) is 4.79 Å². The summed E-state index contributed by atoms with van der Waals surface area (Å²) in [6.45, 7) is 1.77. The number of aromatic nitrogens is 2. The first-order valence-corrected chi connectivity index (χ1v) is 8.12. The highest BCUT2D eigenvalue weighted by Crippen LogP contribution is 2.35. The first-order valence-electron chi connectivity index (χ1n) is 8.12. The Kier molecular flexibility index (Phi) is 4.19. The zero-order chi connectivity index (χ0) is 17.2. The number of carbonyl (C=O) groups excluding carboxylic acids is 1. The van der Waals surface area contributed by atoms with Crippen molar-refractivity contribution in [3.8, 4) is 17.2 Å². The molecule has 1 aromatic heterocycles. The second kappa shape index (κ2) is 6.64. The lowest BCUT2D eigenvalue weighted by atomic mass is 10.2. The number of ether oxygens (including phenoxy) is 4. The van der Waals surface area contributed by atoms with Crippen molar-refractivity contribution < 1.29 is 23.7 Å². The van der Waals surface area contributed by atoms with E-state index in [-0.39, 0.29) is 25.3 Å². The van der Waals surface area contributed by atoms with Crippen LogP contribution in [0.1, 0.15) is 22.6 Å². The van der Waals surface area contributed by atoms with Crippen molar-refractivity contribution in [2.45, 2.75) is 19.1 Å². The van der Waals surface area contributed by atoms with Crippen LogP contribution in [0.5, 0.6) is 17.2 Å². The molecule has 8 heteroatoms. The van der Waals surface area contributed by atoms with Gasteiger partial charge in [0.25, 0.3) is 5.91 Å². The van der Waals surface area contributed by atoms with E-state index in [0.717, 1.165) is 12.1 Å². The van der Waals surface area contributed by atoms with Crippen LogP contribution in [0.4, 0.5) is 0 Å².